The van der Waals surface area contributed by atoms with Gasteiger partial charge in [-0.05, 0) is 12.9 Å². The Labute approximate surface area is 95.9 Å². The zero-order valence-electron chi connectivity index (χ0n) is 6.29. The monoisotopic (exact) mass is 206 g/mol. The van der Waals surface area contributed by atoms with Crippen molar-refractivity contribution >= 4 is 56.3 Å². The van der Waals surface area contributed by atoms with Gasteiger partial charge in [0.15, 0.2) is 0 Å². The van der Waals surface area contributed by atoms with Crippen LogP contribution in [-0.4, -0.2) is 52.1 Å². The van der Waals surface area contributed by atoms with Gasteiger partial charge in [0.25, 0.3) is 0 Å². The predicted molar refractivity (Wildman–Crippen MR) is 54.1 cm³/mol. The first-order valence-electron chi connectivity index (χ1n) is 2.87. The van der Waals surface area contributed by atoms with E-state index in [9.17, 15) is 0 Å². The summed E-state index contributed by atoms with van der Waals surface area (Å²) in [6.45, 7) is 6.18. The molecular formula is C4H13BNaO3PS. The number of hydrogen-bond donors (Lipinski definition) is 2. The summed E-state index contributed by atoms with van der Waals surface area (Å²) in [5.74, 6) is 0. The molecule has 0 saturated carbocycles. The predicted octanol–water partition coefficient (Wildman–Crippen LogP) is 0.364. The van der Waals surface area contributed by atoms with E-state index in [-0.39, 0.29) is 34.7 Å². The summed E-state index contributed by atoms with van der Waals surface area (Å²) < 4.78 is 4.46. The zero-order valence-corrected chi connectivity index (χ0v) is 8.10. The fourth-order valence-corrected chi connectivity index (χ4v) is 1.73. The molecule has 3 nitrogen and oxygen atoms in total. The maximum absolute atomic E-state index is 8.27. The van der Waals surface area contributed by atoms with E-state index in [1.54, 1.807) is 0 Å². The van der Waals surface area contributed by atoms with Crippen molar-refractivity contribution in [3.05, 3.63) is 0 Å². The first kappa shape index (κ1) is 15.2. The van der Waals surface area contributed by atoms with Crippen molar-refractivity contribution in [2.24, 2.45) is 0 Å². The van der Waals surface area contributed by atoms with Gasteiger partial charge in [-0.3, -0.25) is 0 Å². The van der Waals surface area contributed by atoms with Crippen LogP contribution >= 0.6 is 19.4 Å². The summed E-state index contributed by atoms with van der Waals surface area (Å²) in [6.07, 6.45) is 0. The molecule has 7 heteroatoms. The zero-order chi connectivity index (χ0) is 8.20. The second kappa shape index (κ2) is 7.16. The van der Waals surface area contributed by atoms with Crippen LogP contribution in [0.15, 0.2) is 0 Å². The van der Waals surface area contributed by atoms with Crippen LogP contribution in [0, 0.1) is 0 Å². The molecule has 11 heavy (non-hydrogen) atoms. The molecule has 1 unspecified atom stereocenters. The summed E-state index contributed by atoms with van der Waals surface area (Å²) in [7, 11) is -1.14. The Balaban J connectivity index is 0. The van der Waals surface area contributed by atoms with Gasteiger partial charge in [0.2, 0.25) is 0 Å². The molecule has 0 aromatic carbocycles. The van der Waals surface area contributed by atoms with E-state index in [2.05, 4.69) is 24.9 Å². The fourth-order valence-electron chi connectivity index (χ4n) is 0.192. The summed E-state index contributed by atoms with van der Waals surface area (Å²) in [6, 6.07) is 0. The van der Waals surface area contributed by atoms with E-state index in [1.807, 2.05) is 0 Å². The Hall–Kier alpha value is 1.72. The molecule has 0 aromatic rings. The normalized spacial score (nSPS) is 11.7. The molecule has 0 aromatic heterocycles. The fraction of sp³-hybridized carbons (Fsp3) is 1.00. The van der Waals surface area contributed by atoms with Crippen molar-refractivity contribution in [3.8, 4) is 0 Å². The molecular weight excluding hydrogens is 193 g/mol. The van der Waals surface area contributed by atoms with E-state index >= 15 is 0 Å². The molecule has 0 saturated heterocycles. The van der Waals surface area contributed by atoms with Crippen LogP contribution in [0.4, 0.5) is 0 Å². The minimum absolute atomic E-state index is 0. The molecule has 62 valence electrons. The molecule has 0 heterocycles. The van der Waals surface area contributed by atoms with Crippen LogP contribution in [0.2, 0.25) is 0 Å². The van der Waals surface area contributed by atoms with Crippen molar-refractivity contribution in [2.45, 2.75) is 25.9 Å². The van der Waals surface area contributed by atoms with Crippen molar-refractivity contribution < 1.29 is 14.1 Å². The first-order valence-corrected chi connectivity index (χ1v) is 5.34. The van der Waals surface area contributed by atoms with Gasteiger partial charge in [0, 0.05) is 11.7 Å². The van der Waals surface area contributed by atoms with E-state index in [0.717, 1.165) is 11.7 Å². The molecule has 0 aliphatic carbocycles. The van der Waals surface area contributed by atoms with E-state index in [1.165, 1.54) is 0 Å². The molecule has 2 N–H and O–H groups in total. The Morgan fingerprint density at radius 2 is 1.82 bits per heavy atom. The average Bonchev–Trinajstić information content (AvgIpc) is 1.59. The maximum atomic E-state index is 8.27. The van der Waals surface area contributed by atoms with Gasteiger partial charge in [-0.2, -0.15) is 0 Å². The van der Waals surface area contributed by atoms with Gasteiger partial charge in [-0.25, -0.2) is 0 Å². The Bertz CT molecular complexity index is 99.8. The van der Waals surface area contributed by atoms with Crippen molar-refractivity contribution in [1.29, 1.82) is 0 Å². The first-order chi connectivity index (χ1) is 4.42. The Morgan fingerprint density at radius 1 is 1.36 bits per heavy atom. The molecule has 0 fully saturated rings. The average molecular weight is 206 g/mol. The third kappa shape index (κ3) is 14.6. The van der Waals surface area contributed by atoms with Gasteiger partial charge in [-0.1, -0.05) is 20.8 Å². The van der Waals surface area contributed by atoms with Gasteiger partial charge < -0.3 is 14.1 Å². The molecule has 1 atom stereocenters. The van der Waals surface area contributed by atoms with Crippen LogP contribution in [0.5, 0.6) is 0 Å². The van der Waals surface area contributed by atoms with Crippen LogP contribution in [0.3, 0.4) is 0 Å². The SMILES string of the molecule is CC(C)(C)PSOB(O)O.[NaH]. The molecule has 0 aliphatic rings. The third-order valence-corrected chi connectivity index (χ3v) is 3.82. The van der Waals surface area contributed by atoms with Gasteiger partial charge >= 0.3 is 36.9 Å². The quantitative estimate of drug-likeness (QED) is 0.397. The van der Waals surface area contributed by atoms with Crippen LogP contribution in [-0.2, 0) is 4.10 Å². The Morgan fingerprint density at radius 3 is 2.09 bits per heavy atom. The molecule has 0 rings (SSSR count). The molecule has 0 radical (unpaired) electrons. The topological polar surface area (TPSA) is 49.7 Å². The molecule has 0 aliphatic heterocycles. The van der Waals surface area contributed by atoms with Gasteiger partial charge in [-0.15, -0.1) is 0 Å². The second-order valence-corrected chi connectivity index (χ2v) is 6.03. The third-order valence-electron chi connectivity index (χ3n) is 0.482. The van der Waals surface area contributed by atoms with Gasteiger partial charge in [0.05, 0.1) is 0 Å². The molecule has 0 spiro atoms. The number of rotatable bonds is 3. The van der Waals surface area contributed by atoms with Gasteiger partial charge in [0.1, 0.15) is 0 Å². The molecule has 0 amide bonds. The van der Waals surface area contributed by atoms with Crippen LogP contribution < -0.4 is 0 Å². The molecule has 0 bridgehead atoms. The van der Waals surface area contributed by atoms with Crippen LogP contribution in [0.25, 0.3) is 0 Å². The van der Waals surface area contributed by atoms with Crippen molar-refractivity contribution in [1.82, 2.24) is 0 Å². The van der Waals surface area contributed by atoms with E-state index in [0.29, 0.717) is 7.78 Å². The van der Waals surface area contributed by atoms with E-state index in [4.69, 9.17) is 10.0 Å². The summed E-state index contributed by atoms with van der Waals surface area (Å²) in [4.78, 5) is 0. The Kier molecular flexibility index (Phi) is 9.90. The van der Waals surface area contributed by atoms with Crippen molar-refractivity contribution in [3.63, 3.8) is 0 Å². The van der Waals surface area contributed by atoms with E-state index < -0.39 is 7.32 Å². The number of hydrogen-bond acceptors (Lipinski definition) is 4. The second-order valence-electron chi connectivity index (χ2n) is 2.86. The summed E-state index contributed by atoms with van der Waals surface area (Å²) >= 11 is 1.10. The van der Waals surface area contributed by atoms with Crippen LogP contribution in [0.1, 0.15) is 20.8 Å². The van der Waals surface area contributed by atoms with Crippen molar-refractivity contribution in [2.75, 3.05) is 0 Å². The standard InChI is InChI=1S/C4H12BO3PS.Na.H/c1-4(2,3)9-10-8-5(6)7;;/h6-7,9H,1-3H3;;. The minimum atomic E-state index is -1.65. The summed E-state index contributed by atoms with van der Waals surface area (Å²) in [5.41, 5.74) is 0. The summed E-state index contributed by atoms with van der Waals surface area (Å²) in [5, 5.41) is 16.7.